The van der Waals surface area contributed by atoms with E-state index in [0.29, 0.717) is 13.1 Å². The number of rotatable bonds is 3. The lowest BCUT2D eigenvalue weighted by Gasteiger charge is -2.25. The van der Waals surface area contributed by atoms with Crippen LogP contribution in [0.1, 0.15) is 19.3 Å². The molecule has 5 nitrogen and oxygen atoms in total. The molecule has 1 heterocycles. The zero-order chi connectivity index (χ0) is 14.1. The lowest BCUT2D eigenvalue weighted by molar-refractivity contribution is 0.346. The van der Waals surface area contributed by atoms with E-state index in [1.807, 2.05) is 0 Å². The molecule has 0 aliphatic carbocycles. The standard InChI is InChI=1S/C11H14ClNO4S2/c12-18(14,15)10-4-6-11(7-5-10)19(16,17)13-8-2-1-3-9-13/h4-7H,1-3,8-9H2. The van der Waals surface area contributed by atoms with Gasteiger partial charge in [0.25, 0.3) is 9.05 Å². The van der Waals surface area contributed by atoms with Crippen LogP contribution in [-0.4, -0.2) is 34.2 Å². The average molecular weight is 324 g/mol. The first-order chi connectivity index (χ1) is 8.82. The molecule has 0 bridgehead atoms. The Hall–Kier alpha value is -0.630. The van der Waals surface area contributed by atoms with E-state index in [-0.39, 0.29) is 9.79 Å². The summed E-state index contributed by atoms with van der Waals surface area (Å²) in [5.41, 5.74) is 0. The molecule has 2 rings (SSSR count). The summed E-state index contributed by atoms with van der Waals surface area (Å²) >= 11 is 0. The van der Waals surface area contributed by atoms with E-state index < -0.39 is 19.1 Å². The molecule has 1 aliphatic heterocycles. The molecule has 0 aromatic heterocycles. The fraction of sp³-hybridized carbons (Fsp3) is 0.455. The van der Waals surface area contributed by atoms with Gasteiger partial charge in [-0.1, -0.05) is 6.42 Å². The van der Waals surface area contributed by atoms with Gasteiger partial charge >= 0.3 is 0 Å². The Kier molecular flexibility index (Phi) is 4.20. The van der Waals surface area contributed by atoms with E-state index in [1.54, 1.807) is 0 Å². The van der Waals surface area contributed by atoms with Gasteiger partial charge in [0.05, 0.1) is 9.79 Å². The smallest absolute Gasteiger partial charge is 0.207 e. The number of halogens is 1. The number of hydrogen-bond acceptors (Lipinski definition) is 4. The second-order valence-corrected chi connectivity index (χ2v) is 8.88. The highest BCUT2D eigenvalue weighted by atomic mass is 35.7. The summed E-state index contributed by atoms with van der Waals surface area (Å²) in [5, 5.41) is 0. The molecule has 0 unspecified atom stereocenters. The van der Waals surface area contributed by atoms with E-state index in [9.17, 15) is 16.8 Å². The Labute approximate surface area is 117 Å². The minimum atomic E-state index is -3.83. The van der Waals surface area contributed by atoms with Crippen molar-refractivity contribution in [2.45, 2.75) is 29.1 Å². The van der Waals surface area contributed by atoms with Crippen LogP contribution in [-0.2, 0) is 19.1 Å². The van der Waals surface area contributed by atoms with Gasteiger partial charge in [-0.15, -0.1) is 0 Å². The van der Waals surface area contributed by atoms with Crippen molar-refractivity contribution in [3.05, 3.63) is 24.3 Å². The van der Waals surface area contributed by atoms with Crippen molar-refractivity contribution in [3.8, 4) is 0 Å². The summed E-state index contributed by atoms with van der Waals surface area (Å²) in [6.45, 7) is 1.02. The van der Waals surface area contributed by atoms with Gasteiger partial charge in [0.15, 0.2) is 0 Å². The van der Waals surface area contributed by atoms with Gasteiger partial charge < -0.3 is 0 Å². The summed E-state index contributed by atoms with van der Waals surface area (Å²) in [7, 11) is -2.17. The van der Waals surface area contributed by atoms with Gasteiger partial charge in [0.2, 0.25) is 10.0 Å². The molecule has 1 saturated heterocycles. The molecule has 0 atom stereocenters. The molecular formula is C11H14ClNO4S2. The highest BCUT2D eigenvalue weighted by Gasteiger charge is 2.26. The van der Waals surface area contributed by atoms with Crippen molar-refractivity contribution in [1.82, 2.24) is 4.31 Å². The fourth-order valence-electron chi connectivity index (χ4n) is 2.03. The van der Waals surface area contributed by atoms with Crippen molar-refractivity contribution in [3.63, 3.8) is 0 Å². The van der Waals surface area contributed by atoms with Gasteiger partial charge in [-0.25, -0.2) is 16.8 Å². The minimum absolute atomic E-state index is 0.0958. The third-order valence-corrected chi connectivity index (χ3v) is 6.34. The summed E-state index contributed by atoms with van der Waals surface area (Å²) in [6, 6.07) is 4.97. The van der Waals surface area contributed by atoms with Crippen molar-refractivity contribution in [1.29, 1.82) is 0 Å². The van der Waals surface area contributed by atoms with E-state index >= 15 is 0 Å². The SMILES string of the molecule is O=S(=O)(Cl)c1ccc(S(=O)(=O)N2CCCCC2)cc1. The maximum absolute atomic E-state index is 12.3. The Morgan fingerprint density at radius 1 is 0.842 bits per heavy atom. The summed E-state index contributed by atoms with van der Waals surface area (Å²) in [6.07, 6.45) is 2.75. The first-order valence-electron chi connectivity index (χ1n) is 5.87. The van der Waals surface area contributed by atoms with Gasteiger partial charge in [-0.2, -0.15) is 4.31 Å². The third-order valence-electron chi connectivity index (χ3n) is 3.06. The topological polar surface area (TPSA) is 71.5 Å². The summed E-state index contributed by atoms with van der Waals surface area (Å²) in [5.74, 6) is 0. The average Bonchev–Trinajstić information content (AvgIpc) is 2.39. The largest absolute Gasteiger partial charge is 0.261 e. The van der Waals surface area contributed by atoms with Crippen molar-refractivity contribution >= 4 is 29.8 Å². The maximum Gasteiger partial charge on any atom is 0.261 e. The van der Waals surface area contributed by atoms with E-state index in [1.165, 1.54) is 28.6 Å². The monoisotopic (exact) mass is 323 g/mol. The molecule has 8 heteroatoms. The lowest BCUT2D eigenvalue weighted by Crippen LogP contribution is -2.35. The van der Waals surface area contributed by atoms with Crippen LogP contribution in [0, 0.1) is 0 Å². The van der Waals surface area contributed by atoms with Crippen molar-refractivity contribution < 1.29 is 16.8 Å². The number of benzene rings is 1. The molecular weight excluding hydrogens is 310 g/mol. The van der Waals surface area contributed by atoms with Crippen LogP contribution >= 0.6 is 10.7 Å². The lowest BCUT2D eigenvalue weighted by atomic mass is 10.2. The fourth-order valence-corrected chi connectivity index (χ4v) is 4.32. The van der Waals surface area contributed by atoms with Crippen LogP contribution in [0.2, 0.25) is 0 Å². The second-order valence-electron chi connectivity index (χ2n) is 4.37. The molecule has 1 aromatic rings. The molecule has 106 valence electrons. The first-order valence-corrected chi connectivity index (χ1v) is 9.62. The number of nitrogens with zero attached hydrogens (tertiary/aromatic N) is 1. The van der Waals surface area contributed by atoms with Crippen LogP contribution in [0.25, 0.3) is 0 Å². The van der Waals surface area contributed by atoms with Crippen molar-refractivity contribution in [2.75, 3.05) is 13.1 Å². The van der Waals surface area contributed by atoms with Gasteiger partial charge in [0.1, 0.15) is 0 Å². The zero-order valence-electron chi connectivity index (χ0n) is 10.1. The quantitative estimate of drug-likeness (QED) is 0.795. The molecule has 0 radical (unpaired) electrons. The molecule has 0 N–H and O–H groups in total. The summed E-state index contributed by atoms with van der Waals surface area (Å²) in [4.78, 5) is -0.00905. The normalized spacial score (nSPS) is 18.4. The summed E-state index contributed by atoms with van der Waals surface area (Å²) < 4.78 is 48.2. The Balaban J connectivity index is 2.31. The molecule has 1 aliphatic rings. The van der Waals surface area contributed by atoms with Crippen molar-refractivity contribution in [2.24, 2.45) is 0 Å². The number of hydrogen-bond donors (Lipinski definition) is 0. The third kappa shape index (κ3) is 3.28. The van der Waals surface area contributed by atoms with Gasteiger partial charge in [-0.05, 0) is 37.1 Å². The molecule has 1 fully saturated rings. The van der Waals surface area contributed by atoms with Crippen LogP contribution in [0.5, 0.6) is 0 Å². The second kappa shape index (κ2) is 5.40. The maximum atomic E-state index is 12.3. The van der Waals surface area contributed by atoms with E-state index in [4.69, 9.17) is 10.7 Å². The van der Waals surface area contributed by atoms with Crippen LogP contribution in [0.15, 0.2) is 34.1 Å². The molecule has 0 saturated carbocycles. The zero-order valence-corrected chi connectivity index (χ0v) is 12.5. The number of piperidine rings is 1. The minimum Gasteiger partial charge on any atom is -0.207 e. The van der Waals surface area contributed by atoms with E-state index in [0.717, 1.165) is 19.3 Å². The van der Waals surface area contributed by atoms with Crippen LogP contribution in [0.4, 0.5) is 0 Å². The number of sulfonamides is 1. The predicted molar refractivity (Wildman–Crippen MR) is 72.1 cm³/mol. The highest BCUT2D eigenvalue weighted by molar-refractivity contribution is 8.13. The Morgan fingerprint density at radius 3 is 1.79 bits per heavy atom. The van der Waals surface area contributed by atoms with Crippen LogP contribution < -0.4 is 0 Å². The van der Waals surface area contributed by atoms with Gasteiger partial charge in [-0.3, -0.25) is 0 Å². The Bertz CT molecular complexity index is 646. The van der Waals surface area contributed by atoms with Gasteiger partial charge in [0, 0.05) is 23.8 Å². The molecule has 0 spiro atoms. The highest BCUT2D eigenvalue weighted by Crippen LogP contribution is 2.22. The molecule has 19 heavy (non-hydrogen) atoms. The molecule has 0 amide bonds. The molecule has 1 aromatic carbocycles. The van der Waals surface area contributed by atoms with E-state index in [2.05, 4.69) is 0 Å². The predicted octanol–water partition coefficient (Wildman–Crippen LogP) is 1.79. The Morgan fingerprint density at radius 2 is 1.32 bits per heavy atom. The van der Waals surface area contributed by atoms with Crippen LogP contribution in [0.3, 0.4) is 0 Å². The first kappa shape index (κ1) is 14.8.